The van der Waals surface area contributed by atoms with Crippen molar-refractivity contribution >= 4 is 25.7 Å². The molecule has 0 saturated heterocycles. The number of carbonyl (C=O) groups is 3. The molecule has 2 N–H and O–H groups in total. The summed E-state index contributed by atoms with van der Waals surface area (Å²) in [4.78, 5) is 48.5. The molecule has 0 aromatic heterocycles. The summed E-state index contributed by atoms with van der Waals surface area (Å²) in [5, 5.41) is 9.81. The number of phosphoric acid groups is 1. The molecule has 74 heavy (non-hydrogen) atoms. The van der Waals surface area contributed by atoms with Crippen LogP contribution in [0.4, 0.5) is 0 Å². The number of allylic oxidation sites excluding steroid dienone is 18. The van der Waals surface area contributed by atoms with Crippen molar-refractivity contribution in [1.29, 1.82) is 0 Å². The summed E-state index contributed by atoms with van der Waals surface area (Å²) in [5.41, 5.74) is 0. The minimum absolute atomic E-state index is 0.119. The number of carbonyl (C=O) groups excluding carboxylic acids is 3. The lowest BCUT2D eigenvalue weighted by molar-refractivity contribution is -0.161. The van der Waals surface area contributed by atoms with Gasteiger partial charge in [-0.1, -0.05) is 194 Å². The van der Waals surface area contributed by atoms with Crippen molar-refractivity contribution in [2.24, 2.45) is 0 Å². The van der Waals surface area contributed by atoms with Gasteiger partial charge in [-0.3, -0.25) is 23.4 Å². The Kier molecular flexibility index (Phi) is 52.5. The zero-order valence-corrected chi connectivity index (χ0v) is 47.4. The number of hydrogen-bond donors (Lipinski definition) is 2. The van der Waals surface area contributed by atoms with Crippen LogP contribution in [-0.4, -0.2) is 66.5 Å². The Labute approximate surface area is 450 Å². The molecule has 0 aliphatic carbocycles. The summed E-state index contributed by atoms with van der Waals surface area (Å²) in [7, 11) is -4.77. The lowest BCUT2D eigenvalue weighted by atomic mass is 10.1. The standard InChI is InChI=1S/C62H103O11P/c1-4-7-10-13-16-19-22-25-27-28-29-30-32-35-38-41-44-47-50-53-62(66)73-59(55-69-60(64)51-48-45-42-39-36-33-24-21-18-15-12-9-6-3)57-71-74(67,68)70-56-58(54-63)72-61(65)52-49-46-43-40-37-34-31-26-23-20-17-14-11-8-5-2/h7,10,12,15-17,19-21,24-27,29-31,35,38,58-59,63H,4-6,8-9,11,13-14,18,22-23,28,32-34,36-37,39-57H2,1-3H3,(H,67,68)/b10-7-,15-12-,19-16-,20-17-,24-21-,27-25-,30-29-,31-26-,38-35-. The zero-order chi connectivity index (χ0) is 54.1. The molecular weight excluding hydrogens is 952 g/mol. The van der Waals surface area contributed by atoms with Gasteiger partial charge < -0.3 is 24.2 Å². The van der Waals surface area contributed by atoms with Gasteiger partial charge >= 0.3 is 25.7 Å². The van der Waals surface area contributed by atoms with E-state index in [9.17, 15) is 28.9 Å². The summed E-state index contributed by atoms with van der Waals surface area (Å²) in [6.07, 6.45) is 66.1. The molecule has 3 atom stereocenters. The first kappa shape index (κ1) is 70.1. The maximum Gasteiger partial charge on any atom is 0.472 e. The normalized spacial score (nSPS) is 14.2. The first-order chi connectivity index (χ1) is 36.2. The Bertz CT molecular complexity index is 1660. The Morgan fingerprint density at radius 1 is 0.392 bits per heavy atom. The van der Waals surface area contributed by atoms with Crippen molar-refractivity contribution < 1.29 is 52.2 Å². The molecule has 0 aromatic carbocycles. The van der Waals surface area contributed by atoms with E-state index >= 15 is 0 Å². The molecule has 11 nitrogen and oxygen atoms in total. The molecule has 0 amide bonds. The van der Waals surface area contributed by atoms with Crippen molar-refractivity contribution in [2.45, 2.75) is 238 Å². The number of rotatable bonds is 52. The smallest absolute Gasteiger partial charge is 0.462 e. The molecule has 0 rings (SSSR count). The highest BCUT2D eigenvalue weighted by Crippen LogP contribution is 2.43. The van der Waals surface area contributed by atoms with Crippen LogP contribution in [0.15, 0.2) is 109 Å². The van der Waals surface area contributed by atoms with Crippen LogP contribution < -0.4 is 0 Å². The predicted molar refractivity (Wildman–Crippen MR) is 307 cm³/mol. The van der Waals surface area contributed by atoms with Crippen LogP contribution in [-0.2, 0) is 42.2 Å². The van der Waals surface area contributed by atoms with E-state index in [1.165, 1.54) is 19.3 Å². The van der Waals surface area contributed by atoms with E-state index in [1.807, 2.05) is 0 Å². The van der Waals surface area contributed by atoms with Crippen molar-refractivity contribution in [1.82, 2.24) is 0 Å². The second kappa shape index (κ2) is 55.4. The number of hydrogen-bond acceptors (Lipinski definition) is 10. The molecular formula is C62H103O11P. The SMILES string of the molecule is CC/C=C\C/C=C\C/C=C\C/C=C\C/C=C\CCCCCC(=O)OC(COC(=O)CCCCCCC/C=C\C/C=C\CCC)COP(=O)(O)OCC(CO)OC(=O)CCCCCCC/C=C\C/C=C\CCCCC. The second-order valence-corrected chi connectivity index (χ2v) is 20.2. The van der Waals surface area contributed by atoms with Gasteiger partial charge in [-0.25, -0.2) is 4.57 Å². The van der Waals surface area contributed by atoms with Gasteiger partial charge in [0, 0.05) is 19.3 Å². The van der Waals surface area contributed by atoms with Crippen LogP contribution in [0.5, 0.6) is 0 Å². The molecule has 0 aromatic rings. The molecule has 0 saturated carbocycles. The van der Waals surface area contributed by atoms with Crippen LogP contribution in [0.3, 0.4) is 0 Å². The summed E-state index contributed by atoms with van der Waals surface area (Å²) in [6, 6.07) is 0. The summed E-state index contributed by atoms with van der Waals surface area (Å²) in [6.45, 7) is 4.36. The fourth-order valence-electron chi connectivity index (χ4n) is 7.27. The van der Waals surface area contributed by atoms with Gasteiger partial charge in [-0.2, -0.15) is 0 Å². The molecule has 0 aliphatic rings. The Hall–Kier alpha value is -3.86. The second-order valence-electron chi connectivity index (χ2n) is 18.7. The van der Waals surface area contributed by atoms with Crippen molar-refractivity contribution in [3.63, 3.8) is 0 Å². The van der Waals surface area contributed by atoms with Gasteiger partial charge in [0.05, 0.1) is 19.8 Å². The average Bonchev–Trinajstić information content (AvgIpc) is 3.39. The highest BCUT2D eigenvalue weighted by Gasteiger charge is 2.28. The highest BCUT2D eigenvalue weighted by atomic mass is 31.2. The molecule has 0 fully saturated rings. The maximum atomic E-state index is 12.9. The summed E-state index contributed by atoms with van der Waals surface area (Å²) >= 11 is 0. The third-order valence-corrected chi connectivity index (χ3v) is 12.6. The van der Waals surface area contributed by atoms with Gasteiger partial charge in [0.15, 0.2) is 6.10 Å². The fourth-order valence-corrected chi connectivity index (χ4v) is 8.06. The van der Waals surface area contributed by atoms with E-state index in [0.29, 0.717) is 19.3 Å². The third kappa shape index (κ3) is 53.0. The van der Waals surface area contributed by atoms with Gasteiger partial charge in [0.1, 0.15) is 12.7 Å². The molecule has 0 bridgehead atoms. The first-order valence-corrected chi connectivity index (χ1v) is 30.3. The Morgan fingerprint density at radius 2 is 0.730 bits per heavy atom. The Morgan fingerprint density at radius 3 is 1.15 bits per heavy atom. The number of unbranched alkanes of at least 4 members (excludes halogenated alkanes) is 17. The third-order valence-electron chi connectivity index (χ3n) is 11.6. The van der Waals surface area contributed by atoms with E-state index in [0.717, 1.165) is 148 Å². The number of ether oxygens (including phenoxy) is 3. The van der Waals surface area contributed by atoms with Crippen LogP contribution in [0, 0.1) is 0 Å². The van der Waals surface area contributed by atoms with Gasteiger partial charge in [0.25, 0.3) is 0 Å². The topological polar surface area (TPSA) is 155 Å². The van der Waals surface area contributed by atoms with Crippen molar-refractivity contribution in [2.75, 3.05) is 26.4 Å². The minimum Gasteiger partial charge on any atom is -0.462 e. The number of esters is 3. The van der Waals surface area contributed by atoms with E-state index in [1.54, 1.807) is 0 Å². The fraction of sp³-hybridized carbons (Fsp3) is 0.661. The number of aliphatic hydroxyl groups excluding tert-OH is 1. The quantitative estimate of drug-likeness (QED) is 0.0197. The minimum atomic E-state index is -4.77. The highest BCUT2D eigenvalue weighted by molar-refractivity contribution is 7.47. The van der Waals surface area contributed by atoms with Crippen molar-refractivity contribution in [3.8, 4) is 0 Å². The van der Waals surface area contributed by atoms with E-state index in [-0.39, 0.29) is 25.9 Å². The first-order valence-electron chi connectivity index (χ1n) is 28.8. The van der Waals surface area contributed by atoms with Gasteiger partial charge in [-0.15, -0.1) is 0 Å². The maximum absolute atomic E-state index is 12.9. The van der Waals surface area contributed by atoms with E-state index in [2.05, 4.69) is 130 Å². The van der Waals surface area contributed by atoms with Crippen LogP contribution >= 0.6 is 7.82 Å². The number of phosphoric ester groups is 1. The predicted octanol–water partition coefficient (Wildman–Crippen LogP) is 17.0. The number of aliphatic hydroxyl groups is 1. The molecule has 0 heterocycles. The lowest BCUT2D eigenvalue weighted by Gasteiger charge is -2.21. The Balaban J connectivity index is 4.82. The summed E-state index contributed by atoms with van der Waals surface area (Å²) in [5.74, 6) is -1.54. The van der Waals surface area contributed by atoms with Gasteiger partial charge in [-0.05, 0) is 122 Å². The zero-order valence-electron chi connectivity index (χ0n) is 46.5. The molecule has 0 spiro atoms. The molecule has 0 aliphatic heterocycles. The van der Waals surface area contributed by atoms with Gasteiger partial charge in [0.2, 0.25) is 0 Å². The average molecular weight is 1060 g/mol. The monoisotopic (exact) mass is 1050 g/mol. The van der Waals surface area contributed by atoms with Crippen LogP contribution in [0.25, 0.3) is 0 Å². The molecule has 422 valence electrons. The lowest BCUT2D eigenvalue weighted by Crippen LogP contribution is -2.30. The molecule has 12 heteroatoms. The van der Waals surface area contributed by atoms with Crippen LogP contribution in [0.1, 0.15) is 226 Å². The summed E-state index contributed by atoms with van der Waals surface area (Å²) < 4.78 is 39.5. The van der Waals surface area contributed by atoms with E-state index in [4.69, 9.17) is 23.3 Å². The molecule has 0 radical (unpaired) electrons. The van der Waals surface area contributed by atoms with Crippen LogP contribution in [0.2, 0.25) is 0 Å². The van der Waals surface area contributed by atoms with E-state index < -0.39 is 57.8 Å². The van der Waals surface area contributed by atoms with Crippen molar-refractivity contribution in [3.05, 3.63) is 109 Å². The largest absolute Gasteiger partial charge is 0.472 e. The molecule has 3 unspecified atom stereocenters.